The fourth-order valence-electron chi connectivity index (χ4n) is 1.20. The van der Waals surface area contributed by atoms with Crippen LogP contribution in [0.5, 0.6) is 0 Å². The molecule has 0 saturated carbocycles. The van der Waals surface area contributed by atoms with Crippen LogP contribution < -0.4 is 0 Å². The molecule has 0 aromatic heterocycles. The van der Waals surface area contributed by atoms with Crippen molar-refractivity contribution in [3.05, 3.63) is 47.4 Å². The lowest BCUT2D eigenvalue weighted by atomic mass is 10.1. The Kier molecular flexibility index (Phi) is 4.18. The molecule has 4 nitrogen and oxygen atoms in total. The number of benzene rings is 1. The molecule has 84 valence electrons. The molecule has 1 N–H and O–H groups in total. The van der Waals surface area contributed by atoms with Gasteiger partial charge in [0.1, 0.15) is 0 Å². The predicted molar refractivity (Wildman–Crippen MR) is 59.2 cm³/mol. The van der Waals surface area contributed by atoms with Crippen LogP contribution in [-0.4, -0.2) is 25.3 Å². The number of hydrogen-bond acceptors (Lipinski definition) is 4. The van der Waals surface area contributed by atoms with Crippen LogP contribution in [0.2, 0.25) is 0 Å². The van der Waals surface area contributed by atoms with Crippen molar-refractivity contribution in [3.63, 3.8) is 0 Å². The Labute approximate surface area is 93.4 Å². The number of hydrogen-bond donors (Lipinski definition) is 1. The minimum Gasteiger partial charge on any atom is -0.504 e. The van der Waals surface area contributed by atoms with E-state index in [9.17, 15) is 9.90 Å². The third-order valence-electron chi connectivity index (χ3n) is 1.97. The Balaban J connectivity index is 3.25. The second-order valence-electron chi connectivity index (χ2n) is 2.88. The summed E-state index contributed by atoms with van der Waals surface area (Å²) in [6.45, 7) is 0. The average molecular weight is 220 g/mol. The summed E-state index contributed by atoms with van der Waals surface area (Å²) in [7, 11) is 2.64. The quantitative estimate of drug-likeness (QED) is 0.478. The molecular formula is C12H12O4. The largest absolute Gasteiger partial charge is 0.504 e. The molecule has 1 aromatic rings. The molecule has 0 bridgehead atoms. The van der Waals surface area contributed by atoms with Gasteiger partial charge in [0.2, 0.25) is 11.5 Å². The van der Waals surface area contributed by atoms with Gasteiger partial charge in [0.05, 0.1) is 14.2 Å². The minimum atomic E-state index is -0.177. The fraction of sp³-hybridized carbons (Fsp3) is 0.167. The number of aliphatic hydroxyl groups is 1. The van der Waals surface area contributed by atoms with Crippen LogP contribution in [-0.2, 0) is 14.3 Å². The molecule has 16 heavy (non-hydrogen) atoms. The smallest absolute Gasteiger partial charge is 0.250 e. The standard InChI is InChI=1S/C12H12O4/c1-15-10(8-13)12(16-2)11(14)9-6-4-3-5-7-9/h3-7,14H,1-2H3/b12-11-. The van der Waals surface area contributed by atoms with Gasteiger partial charge >= 0.3 is 0 Å². The molecular weight excluding hydrogens is 208 g/mol. The van der Waals surface area contributed by atoms with E-state index in [1.165, 1.54) is 14.2 Å². The molecule has 1 aromatic carbocycles. The minimum absolute atomic E-state index is 0.0382. The van der Waals surface area contributed by atoms with Crippen LogP contribution in [0, 0.1) is 0 Å². The summed E-state index contributed by atoms with van der Waals surface area (Å²) in [6, 6.07) is 8.71. The first-order valence-electron chi connectivity index (χ1n) is 4.56. The Morgan fingerprint density at radius 2 is 1.81 bits per heavy atom. The van der Waals surface area contributed by atoms with E-state index in [0.717, 1.165) is 0 Å². The van der Waals surface area contributed by atoms with Crippen molar-refractivity contribution in [2.45, 2.75) is 0 Å². The van der Waals surface area contributed by atoms with Gasteiger partial charge in [-0.05, 0) is 0 Å². The molecule has 4 heteroatoms. The van der Waals surface area contributed by atoms with Crippen LogP contribution in [0.3, 0.4) is 0 Å². The first-order chi connectivity index (χ1) is 7.74. The maximum absolute atomic E-state index is 10.6. The zero-order valence-corrected chi connectivity index (χ0v) is 9.06. The second kappa shape index (κ2) is 5.63. The highest BCUT2D eigenvalue weighted by Gasteiger charge is 2.15. The number of rotatable bonds is 4. The van der Waals surface area contributed by atoms with Crippen LogP contribution in [0.15, 0.2) is 41.9 Å². The van der Waals surface area contributed by atoms with Crippen LogP contribution in [0.1, 0.15) is 5.56 Å². The molecule has 0 atom stereocenters. The number of methoxy groups -OCH3 is 2. The van der Waals surface area contributed by atoms with Gasteiger partial charge in [-0.15, -0.1) is 0 Å². The lowest BCUT2D eigenvalue weighted by Crippen LogP contribution is -2.00. The van der Waals surface area contributed by atoms with E-state index in [0.29, 0.717) is 5.56 Å². The highest BCUT2D eigenvalue weighted by atomic mass is 16.5. The Hall–Kier alpha value is -2.19. The topological polar surface area (TPSA) is 55.8 Å². The summed E-state index contributed by atoms with van der Waals surface area (Å²) in [5.74, 6) is 1.18. The van der Waals surface area contributed by atoms with Gasteiger partial charge in [-0.1, -0.05) is 30.3 Å². The normalized spacial score (nSPS) is 11.1. The second-order valence-corrected chi connectivity index (χ2v) is 2.88. The molecule has 1 rings (SSSR count). The fourth-order valence-corrected chi connectivity index (χ4v) is 1.20. The van der Waals surface area contributed by atoms with Crippen molar-refractivity contribution in [1.82, 2.24) is 0 Å². The van der Waals surface area contributed by atoms with E-state index in [2.05, 4.69) is 0 Å². The van der Waals surface area contributed by atoms with Crippen molar-refractivity contribution < 1.29 is 19.4 Å². The number of aliphatic hydroxyl groups excluding tert-OH is 1. The van der Waals surface area contributed by atoms with Crippen LogP contribution in [0.4, 0.5) is 0 Å². The van der Waals surface area contributed by atoms with Crippen molar-refractivity contribution in [1.29, 1.82) is 0 Å². The molecule has 0 fully saturated rings. The van der Waals surface area contributed by atoms with E-state index in [1.807, 2.05) is 6.07 Å². The van der Waals surface area contributed by atoms with Gasteiger partial charge in [-0.2, -0.15) is 0 Å². The van der Waals surface area contributed by atoms with Crippen molar-refractivity contribution in [2.75, 3.05) is 14.2 Å². The van der Waals surface area contributed by atoms with E-state index in [1.54, 1.807) is 30.2 Å². The molecule has 0 unspecified atom stereocenters. The Morgan fingerprint density at radius 3 is 2.25 bits per heavy atom. The van der Waals surface area contributed by atoms with Crippen molar-refractivity contribution in [2.24, 2.45) is 0 Å². The summed E-state index contributed by atoms with van der Waals surface area (Å²) in [4.78, 5) is 10.6. The predicted octanol–water partition coefficient (Wildman–Crippen LogP) is 1.92. The highest BCUT2D eigenvalue weighted by molar-refractivity contribution is 5.69. The van der Waals surface area contributed by atoms with Crippen LogP contribution in [0.25, 0.3) is 5.76 Å². The maximum atomic E-state index is 10.6. The monoisotopic (exact) mass is 220 g/mol. The molecule has 0 spiro atoms. The van der Waals surface area contributed by atoms with Gasteiger partial charge in [0, 0.05) is 5.56 Å². The molecule has 0 amide bonds. The zero-order chi connectivity index (χ0) is 12.0. The summed E-state index contributed by atoms with van der Waals surface area (Å²) in [5.41, 5.74) is 0.532. The van der Waals surface area contributed by atoms with E-state index >= 15 is 0 Å². The lowest BCUT2D eigenvalue weighted by molar-refractivity contribution is 0.217. The third kappa shape index (κ3) is 2.43. The molecule has 0 heterocycles. The molecule has 0 aliphatic carbocycles. The van der Waals surface area contributed by atoms with Crippen molar-refractivity contribution in [3.8, 4) is 0 Å². The molecule has 0 radical (unpaired) electrons. The van der Waals surface area contributed by atoms with Gasteiger partial charge in [-0.25, -0.2) is 4.79 Å². The third-order valence-corrected chi connectivity index (χ3v) is 1.97. The van der Waals surface area contributed by atoms with E-state index in [4.69, 9.17) is 9.47 Å². The summed E-state index contributed by atoms with van der Waals surface area (Å²) in [6.07, 6.45) is 0. The SMILES string of the molecule is COC(=C=O)/C(OC)=C(/O)c1ccccc1. The first-order valence-corrected chi connectivity index (χ1v) is 4.56. The van der Waals surface area contributed by atoms with E-state index < -0.39 is 0 Å². The number of ether oxygens (including phenoxy) is 2. The summed E-state index contributed by atoms with van der Waals surface area (Å²) >= 11 is 0. The first kappa shape index (κ1) is 11.9. The Bertz CT molecular complexity index is 428. The van der Waals surface area contributed by atoms with Gasteiger partial charge in [0.25, 0.3) is 0 Å². The average Bonchev–Trinajstić information content (AvgIpc) is 2.36. The van der Waals surface area contributed by atoms with Gasteiger partial charge in [0.15, 0.2) is 11.7 Å². The van der Waals surface area contributed by atoms with Gasteiger partial charge in [-0.3, -0.25) is 0 Å². The van der Waals surface area contributed by atoms with Crippen molar-refractivity contribution >= 4 is 11.7 Å². The van der Waals surface area contributed by atoms with Crippen LogP contribution >= 0.6 is 0 Å². The lowest BCUT2D eigenvalue weighted by Gasteiger charge is -2.09. The summed E-state index contributed by atoms with van der Waals surface area (Å²) in [5, 5.41) is 9.89. The molecule has 0 aliphatic heterocycles. The maximum Gasteiger partial charge on any atom is 0.250 e. The Morgan fingerprint density at radius 1 is 1.19 bits per heavy atom. The summed E-state index contributed by atoms with van der Waals surface area (Å²) < 4.78 is 9.66. The molecule has 0 saturated heterocycles. The zero-order valence-electron chi connectivity index (χ0n) is 9.06. The van der Waals surface area contributed by atoms with Gasteiger partial charge < -0.3 is 14.6 Å². The highest BCUT2D eigenvalue weighted by Crippen LogP contribution is 2.20. The molecule has 0 aliphatic rings. The van der Waals surface area contributed by atoms with E-state index in [-0.39, 0.29) is 17.3 Å². The number of carbonyl (C=O) groups excluding carboxylic acids is 1.